The Morgan fingerprint density at radius 1 is 0.765 bits per heavy atom. The van der Waals surface area contributed by atoms with Gasteiger partial charge in [0.2, 0.25) is 0 Å². The van der Waals surface area contributed by atoms with Crippen molar-refractivity contribution in [2.75, 3.05) is 6.73 Å². The minimum absolute atomic E-state index is 0.622. The highest BCUT2D eigenvalue weighted by molar-refractivity contribution is 4.99. The molecule has 4 aliphatic rings. The zero-order chi connectivity index (χ0) is 11.2. The molecular weight excluding hydrogens is 210 g/mol. The number of piperidine rings is 1. The molecular formula is C15H25NO. The molecule has 0 aromatic heterocycles. The Morgan fingerprint density at radius 2 is 1.71 bits per heavy atom. The number of hydrogen-bond donors (Lipinski definition) is 0. The highest BCUT2D eigenvalue weighted by Gasteiger charge is 2.47. The van der Waals surface area contributed by atoms with Crippen LogP contribution in [-0.4, -0.2) is 29.8 Å². The molecule has 5 atom stereocenters. The Bertz CT molecular complexity index is 293. The molecule has 2 heteroatoms. The van der Waals surface area contributed by atoms with Crippen molar-refractivity contribution >= 4 is 0 Å². The van der Waals surface area contributed by atoms with E-state index in [0.717, 1.165) is 30.7 Å². The van der Waals surface area contributed by atoms with Crippen LogP contribution in [0.5, 0.6) is 0 Å². The van der Waals surface area contributed by atoms with Crippen molar-refractivity contribution < 1.29 is 4.74 Å². The summed E-state index contributed by atoms with van der Waals surface area (Å²) in [6.45, 7) is 0.951. The fraction of sp³-hybridized carbons (Fsp3) is 1.00. The molecule has 2 saturated carbocycles. The van der Waals surface area contributed by atoms with Gasteiger partial charge in [0.05, 0.1) is 12.8 Å². The molecule has 0 aromatic carbocycles. The van der Waals surface area contributed by atoms with E-state index in [1.54, 1.807) is 0 Å². The molecule has 4 fully saturated rings. The van der Waals surface area contributed by atoms with Crippen LogP contribution in [0.4, 0.5) is 0 Å². The predicted molar refractivity (Wildman–Crippen MR) is 67.7 cm³/mol. The summed E-state index contributed by atoms with van der Waals surface area (Å²) in [6, 6.07) is 1.76. The molecule has 0 aromatic rings. The SMILES string of the molecule is C1CCC2C(C1)CCC1C3CCCC3OCN21. The zero-order valence-corrected chi connectivity index (χ0v) is 10.8. The largest absolute Gasteiger partial charge is 0.362 e. The van der Waals surface area contributed by atoms with E-state index in [1.807, 2.05) is 0 Å². The smallest absolute Gasteiger partial charge is 0.0999 e. The van der Waals surface area contributed by atoms with Crippen molar-refractivity contribution in [2.45, 2.75) is 76.0 Å². The van der Waals surface area contributed by atoms with Gasteiger partial charge in [-0.15, -0.1) is 0 Å². The zero-order valence-electron chi connectivity index (χ0n) is 10.8. The molecule has 5 unspecified atom stereocenters. The molecule has 0 bridgehead atoms. The van der Waals surface area contributed by atoms with E-state index in [2.05, 4.69) is 4.90 Å². The van der Waals surface area contributed by atoms with Gasteiger partial charge in [-0.1, -0.05) is 19.3 Å². The van der Waals surface area contributed by atoms with Gasteiger partial charge >= 0.3 is 0 Å². The highest BCUT2D eigenvalue weighted by Crippen LogP contribution is 2.46. The van der Waals surface area contributed by atoms with Crippen molar-refractivity contribution in [1.29, 1.82) is 0 Å². The number of rotatable bonds is 0. The standard InChI is InChI=1S/C15H25NO/c1-2-6-13-11(4-1)8-9-14-12-5-3-7-15(12)17-10-16(13)14/h11-15H,1-10H2. The summed E-state index contributed by atoms with van der Waals surface area (Å²) in [5.41, 5.74) is 0. The molecule has 0 amide bonds. The van der Waals surface area contributed by atoms with E-state index in [1.165, 1.54) is 57.8 Å². The summed E-state index contributed by atoms with van der Waals surface area (Å²) in [4.78, 5) is 2.78. The molecule has 17 heavy (non-hydrogen) atoms. The number of hydrogen-bond acceptors (Lipinski definition) is 2. The van der Waals surface area contributed by atoms with Gasteiger partial charge in [-0.05, 0) is 44.4 Å². The van der Waals surface area contributed by atoms with Crippen molar-refractivity contribution in [1.82, 2.24) is 4.90 Å². The van der Waals surface area contributed by atoms with E-state index in [9.17, 15) is 0 Å². The minimum atomic E-state index is 0.622. The average Bonchev–Trinajstić information content (AvgIpc) is 2.86. The summed E-state index contributed by atoms with van der Waals surface area (Å²) < 4.78 is 6.15. The lowest BCUT2D eigenvalue weighted by molar-refractivity contribution is -0.166. The van der Waals surface area contributed by atoms with Crippen molar-refractivity contribution in [3.05, 3.63) is 0 Å². The Labute approximate surface area is 105 Å². The summed E-state index contributed by atoms with van der Waals surface area (Å²) >= 11 is 0. The minimum Gasteiger partial charge on any atom is -0.362 e. The van der Waals surface area contributed by atoms with Gasteiger partial charge in [-0.3, -0.25) is 4.90 Å². The van der Waals surface area contributed by atoms with Gasteiger partial charge in [0, 0.05) is 18.0 Å². The molecule has 2 nitrogen and oxygen atoms in total. The van der Waals surface area contributed by atoms with E-state index in [-0.39, 0.29) is 0 Å². The normalized spacial score (nSPS) is 50.5. The Morgan fingerprint density at radius 3 is 2.71 bits per heavy atom. The van der Waals surface area contributed by atoms with Crippen molar-refractivity contribution in [2.24, 2.45) is 11.8 Å². The Balaban J connectivity index is 1.56. The monoisotopic (exact) mass is 235 g/mol. The summed E-state index contributed by atoms with van der Waals surface area (Å²) in [7, 11) is 0. The number of ether oxygens (including phenoxy) is 1. The maximum Gasteiger partial charge on any atom is 0.0999 e. The lowest BCUT2D eigenvalue weighted by atomic mass is 9.73. The third kappa shape index (κ3) is 1.67. The Hall–Kier alpha value is -0.0800. The maximum atomic E-state index is 6.15. The number of nitrogens with zero attached hydrogens (tertiary/aromatic N) is 1. The molecule has 96 valence electrons. The van der Waals surface area contributed by atoms with Crippen LogP contribution in [0, 0.1) is 11.8 Å². The van der Waals surface area contributed by atoms with Crippen LogP contribution < -0.4 is 0 Å². The molecule has 2 aliphatic carbocycles. The lowest BCUT2D eigenvalue weighted by Gasteiger charge is -2.53. The van der Waals surface area contributed by atoms with Gasteiger partial charge in [-0.2, -0.15) is 0 Å². The van der Waals surface area contributed by atoms with Gasteiger partial charge in [-0.25, -0.2) is 0 Å². The topological polar surface area (TPSA) is 12.5 Å². The van der Waals surface area contributed by atoms with Crippen LogP contribution in [-0.2, 0) is 4.74 Å². The first-order valence-corrected chi connectivity index (χ1v) is 7.81. The van der Waals surface area contributed by atoms with Crippen LogP contribution in [0.2, 0.25) is 0 Å². The second-order valence-corrected chi connectivity index (χ2v) is 6.70. The van der Waals surface area contributed by atoms with E-state index < -0.39 is 0 Å². The average molecular weight is 235 g/mol. The van der Waals surface area contributed by atoms with Crippen LogP contribution >= 0.6 is 0 Å². The predicted octanol–water partition coefficient (Wildman–Crippen LogP) is 3.17. The molecule has 2 aliphatic heterocycles. The van der Waals surface area contributed by atoms with E-state index in [0.29, 0.717) is 6.10 Å². The Kier molecular flexibility index (Phi) is 2.69. The van der Waals surface area contributed by atoms with Crippen molar-refractivity contribution in [3.63, 3.8) is 0 Å². The van der Waals surface area contributed by atoms with Gasteiger partial charge in [0.15, 0.2) is 0 Å². The molecule has 0 N–H and O–H groups in total. The van der Waals surface area contributed by atoms with Gasteiger partial charge in [0.25, 0.3) is 0 Å². The summed E-state index contributed by atoms with van der Waals surface area (Å²) in [5.74, 6) is 1.88. The first kappa shape index (κ1) is 10.8. The van der Waals surface area contributed by atoms with Crippen LogP contribution in [0.15, 0.2) is 0 Å². The molecule has 0 radical (unpaired) electrons. The second kappa shape index (κ2) is 4.24. The van der Waals surface area contributed by atoms with Gasteiger partial charge in [0.1, 0.15) is 0 Å². The quantitative estimate of drug-likeness (QED) is 0.639. The van der Waals surface area contributed by atoms with E-state index >= 15 is 0 Å². The van der Waals surface area contributed by atoms with E-state index in [4.69, 9.17) is 4.74 Å². The first-order valence-electron chi connectivity index (χ1n) is 7.81. The van der Waals surface area contributed by atoms with Crippen LogP contribution in [0.25, 0.3) is 0 Å². The second-order valence-electron chi connectivity index (χ2n) is 6.70. The van der Waals surface area contributed by atoms with Gasteiger partial charge < -0.3 is 4.74 Å². The lowest BCUT2D eigenvalue weighted by Crippen LogP contribution is -2.59. The molecule has 2 heterocycles. The van der Waals surface area contributed by atoms with Crippen molar-refractivity contribution in [3.8, 4) is 0 Å². The maximum absolute atomic E-state index is 6.15. The summed E-state index contributed by atoms with van der Waals surface area (Å²) in [5, 5.41) is 0. The van der Waals surface area contributed by atoms with Crippen LogP contribution in [0.1, 0.15) is 57.8 Å². The molecule has 2 saturated heterocycles. The molecule has 4 rings (SSSR count). The summed E-state index contributed by atoms with van der Waals surface area (Å²) in [6.07, 6.45) is 13.6. The fourth-order valence-electron chi connectivity index (χ4n) is 5.19. The third-order valence-electron chi connectivity index (χ3n) is 5.99. The highest BCUT2D eigenvalue weighted by atomic mass is 16.5. The first-order chi connectivity index (χ1) is 8.43. The third-order valence-corrected chi connectivity index (χ3v) is 5.99. The fourth-order valence-corrected chi connectivity index (χ4v) is 5.19. The van der Waals surface area contributed by atoms with Crippen LogP contribution in [0.3, 0.4) is 0 Å². The number of fused-ring (bicyclic) bond motifs is 5. The molecule has 0 spiro atoms.